The lowest BCUT2D eigenvalue weighted by Gasteiger charge is -2.25. The minimum atomic E-state index is -4.40. The monoisotopic (exact) mass is 471 g/mol. The summed E-state index contributed by atoms with van der Waals surface area (Å²) in [5.74, 6) is 0.359. The van der Waals surface area contributed by atoms with E-state index in [0.717, 1.165) is 66.1 Å². The van der Waals surface area contributed by atoms with E-state index >= 15 is 0 Å². The van der Waals surface area contributed by atoms with Crippen molar-refractivity contribution in [1.82, 2.24) is 15.0 Å². The number of halogens is 3. The zero-order valence-corrected chi connectivity index (χ0v) is 19.2. The molecule has 3 heterocycles. The fraction of sp³-hybridized carbons (Fsp3) is 0.480. The molecule has 0 amide bonds. The Morgan fingerprint density at radius 3 is 2.48 bits per heavy atom. The van der Waals surface area contributed by atoms with Crippen molar-refractivity contribution < 1.29 is 13.2 Å². The molecule has 1 aromatic carbocycles. The number of thiazole rings is 1. The Hall–Kier alpha value is -2.48. The summed E-state index contributed by atoms with van der Waals surface area (Å²) in [7, 11) is 0. The number of nitrogens with zero attached hydrogens (tertiary/aromatic N) is 4. The molecule has 1 saturated carbocycles. The van der Waals surface area contributed by atoms with E-state index in [4.69, 9.17) is 4.98 Å². The number of rotatable bonds is 4. The Bertz CT molecular complexity index is 1100. The number of aromatic nitrogens is 3. The Morgan fingerprint density at radius 1 is 0.970 bits per heavy atom. The Morgan fingerprint density at radius 2 is 1.73 bits per heavy atom. The van der Waals surface area contributed by atoms with Crippen LogP contribution in [0.25, 0.3) is 21.8 Å². The van der Waals surface area contributed by atoms with Crippen LogP contribution in [0.4, 0.5) is 18.3 Å². The summed E-state index contributed by atoms with van der Waals surface area (Å²) in [6, 6.07) is 5.46. The van der Waals surface area contributed by atoms with Crippen molar-refractivity contribution in [2.24, 2.45) is 0 Å². The highest BCUT2D eigenvalue weighted by Gasteiger charge is 2.32. The molecule has 3 aromatic rings. The van der Waals surface area contributed by atoms with Crippen molar-refractivity contribution >= 4 is 16.5 Å². The van der Waals surface area contributed by atoms with Crippen LogP contribution in [0.3, 0.4) is 0 Å². The minimum Gasteiger partial charge on any atom is -0.348 e. The molecule has 5 rings (SSSR count). The van der Waals surface area contributed by atoms with Crippen LogP contribution in [0.5, 0.6) is 0 Å². The van der Waals surface area contributed by atoms with E-state index in [1.807, 2.05) is 6.20 Å². The molecule has 2 fully saturated rings. The second-order valence-electron chi connectivity index (χ2n) is 8.91. The standard InChI is InChI=1S/C25H26F3N4S/c26-25(27,28)19-11-7-10-18(14-19)21-23(33-24(31-21)32-12-5-2-6-13-32)22-20(15-29-16-30-22)17-8-3-1-4-9-17/h7,10-11,14-15,17H,1-6,8-9,12-13H2. The predicted octanol–water partition coefficient (Wildman–Crippen LogP) is 7.12. The third-order valence-electron chi connectivity index (χ3n) is 6.66. The minimum absolute atomic E-state index is 0.359. The first-order chi connectivity index (χ1) is 16.0. The van der Waals surface area contributed by atoms with E-state index in [9.17, 15) is 13.2 Å². The van der Waals surface area contributed by atoms with Crippen molar-refractivity contribution in [3.05, 3.63) is 47.9 Å². The molecule has 2 aliphatic rings. The van der Waals surface area contributed by atoms with Crippen LogP contribution in [-0.4, -0.2) is 28.0 Å². The summed E-state index contributed by atoms with van der Waals surface area (Å²) in [5, 5.41) is 0.852. The SMILES string of the molecule is FC(F)(F)c1cccc(-c2nc(N3CCCCC3)sc2-c2n[c]ncc2C2CCCCC2)c1. The predicted molar refractivity (Wildman–Crippen MR) is 124 cm³/mol. The molecule has 173 valence electrons. The van der Waals surface area contributed by atoms with Crippen molar-refractivity contribution in [2.75, 3.05) is 18.0 Å². The van der Waals surface area contributed by atoms with Crippen molar-refractivity contribution in [1.29, 1.82) is 0 Å². The summed E-state index contributed by atoms with van der Waals surface area (Å²) < 4.78 is 40.4. The highest BCUT2D eigenvalue weighted by Crippen LogP contribution is 2.45. The molecule has 1 radical (unpaired) electrons. The summed E-state index contributed by atoms with van der Waals surface area (Å²) in [6.07, 6.45) is 9.30. The average molecular weight is 472 g/mol. The molecule has 0 unspecified atom stereocenters. The molecule has 2 aromatic heterocycles. The van der Waals surface area contributed by atoms with Gasteiger partial charge in [0.2, 0.25) is 0 Å². The third-order valence-corrected chi connectivity index (χ3v) is 7.79. The van der Waals surface area contributed by atoms with Crippen LogP contribution in [0.2, 0.25) is 0 Å². The molecule has 4 nitrogen and oxygen atoms in total. The van der Waals surface area contributed by atoms with Gasteiger partial charge in [0.15, 0.2) is 11.5 Å². The van der Waals surface area contributed by atoms with Gasteiger partial charge in [-0.05, 0) is 50.2 Å². The maximum Gasteiger partial charge on any atom is 0.416 e. The summed E-state index contributed by atoms with van der Waals surface area (Å²) in [4.78, 5) is 16.7. The van der Waals surface area contributed by atoms with Crippen LogP contribution < -0.4 is 4.90 Å². The van der Waals surface area contributed by atoms with E-state index in [0.29, 0.717) is 17.2 Å². The van der Waals surface area contributed by atoms with Gasteiger partial charge in [0.1, 0.15) is 0 Å². The van der Waals surface area contributed by atoms with Gasteiger partial charge in [-0.2, -0.15) is 13.2 Å². The van der Waals surface area contributed by atoms with Gasteiger partial charge in [-0.15, -0.1) is 0 Å². The zero-order chi connectivity index (χ0) is 22.8. The van der Waals surface area contributed by atoms with Gasteiger partial charge in [0.05, 0.1) is 21.8 Å². The highest BCUT2D eigenvalue weighted by atomic mass is 32.1. The Kier molecular flexibility index (Phi) is 6.36. The molecule has 1 aliphatic heterocycles. The molecule has 1 saturated heterocycles. The molecule has 0 N–H and O–H groups in total. The third kappa shape index (κ3) is 4.76. The second kappa shape index (κ2) is 9.41. The van der Waals surface area contributed by atoms with Crippen molar-refractivity contribution in [3.8, 4) is 21.8 Å². The van der Waals surface area contributed by atoms with Gasteiger partial charge in [-0.25, -0.2) is 15.0 Å². The first-order valence-electron chi connectivity index (χ1n) is 11.7. The van der Waals surface area contributed by atoms with E-state index in [-0.39, 0.29) is 0 Å². The molecular weight excluding hydrogens is 445 g/mol. The van der Waals surface area contributed by atoms with Crippen LogP contribution >= 0.6 is 11.3 Å². The van der Waals surface area contributed by atoms with E-state index in [2.05, 4.69) is 21.2 Å². The summed E-state index contributed by atoms with van der Waals surface area (Å²) in [6.45, 7) is 1.83. The molecule has 8 heteroatoms. The lowest BCUT2D eigenvalue weighted by atomic mass is 9.83. The molecule has 0 atom stereocenters. The van der Waals surface area contributed by atoms with Crippen LogP contribution in [0.1, 0.15) is 68.4 Å². The number of piperidine rings is 1. The van der Waals surface area contributed by atoms with E-state index in [1.54, 1.807) is 6.07 Å². The average Bonchev–Trinajstić information content (AvgIpc) is 3.30. The summed E-state index contributed by atoms with van der Waals surface area (Å²) >= 11 is 1.53. The molecule has 0 bridgehead atoms. The van der Waals surface area contributed by atoms with Crippen molar-refractivity contribution in [3.63, 3.8) is 0 Å². The van der Waals surface area contributed by atoms with Gasteiger partial charge >= 0.3 is 6.18 Å². The smallest absolute Gasteiger partial charge is 0.348 e. The van der Waals surface area contributed by atoms with Crippen LogP contribution in [0.15, 0.2) is 30.5 Å². The maximum absolute atomic E-state index is 13.5. The summed E-state index contributed by atoms with van der Waals surface area (Å²) in [5.41, 5.74) is 2.20. The zero-order valence-electron chi connectivity index (χ0n) is 18.4. The van der Waals surface area contributed by atoms with Crippen molar-refractivity contribution in [2.45, 2.75) is 63.5 Å². The number of hydrogen-bond acceptors (Lipinski definition) is 5. The Balaban J connectivity index is 1.64. The number of alkyl halides is 3. The maximum atomic E-state index is 13.5. The molecule has 1 aliphatic carbocycles. The lowest BCUT2D eigenvalue weighted by molar-refractivity contribution is -0.137. The first-order valence-corrected chi connectivity index (χ1v) is 12.5. The lowest BCUT2D eigenvalue weighted by Crippen LogP contribution is -2.29. The van der Waals surface area contributed by atoms with E-state index in [1.165, 1.54) is 49.2 Å². The largest absolute Gasteiger partial charge is 0.416 e. The highest BCUT2D eigenvalue weighted by molar-refractivity contribution is 7.19. The number of benzene rings is 1. The van der Waals surface area contributed by atoms with Gasteiger partial charge in [-0.1, -0.05) is 42.7 Å². The Labute approximate surface area is 195 Å². The quantitative estimate of drug-likeness (QED) is 0.406. The molecule has 0 spiro atoms. The molecule has 33 heavy (non-hydrogen) atoms. The van der Waals surface area contributed by atoms with Crippen LogP contribution in [0, 0.1) is 6.33 Å². The van der Waals surface area contributed by atoms with Gasteiger partial charge in [-0.3, -0.25) is 0 Å². The van der Waals surface area contributed by atoms with E-state index < -0.39 is 11.7 Å². The second-order valence-corrected chi connectivity index (χ2v) is 9.89. The van der Waals surface area contributed by atoms with Gasteiger partial charge in [0, 0.05) is 30.4 Å². The molecular formula is C25H26F3N4S. The number of anilines is 1. The fourth-order valence-electron chi connectivity index (χ4n) is 4.93. The normalized spacial score (nSPS) is 18.0. The van der Waals surface area contributed by atoms with Gasteiger partial charge < -0.3 is 4.90 Å². The number of hydrogen-bond donors (Lipinski definition) is 0. The van der Waals surface area contributed by atoms with Crippen LogP contribution in [-0.2, 0) is 6.18 Å². The first kappa shape index (κ1) is 22.3. The topological polar surface area (TPSA) is 41.9 Å². The van der Waals surface area contributed by atoms with Gasteiger partial charge in [0.25, 0.3) is 0 Å². The fourth-order valence-corrected chi connectivity index (χ4v) is 6.08.